The fraction of sp³-hybridized carbons (Fsp3) is 0.792. The molecule has 0 bridgehead atoms. The number of nitrogens with one attached hydrogen (secondary N) is 2. The third-order valence-electron chi connectivity index (χ3n) is 6.76. The van der Waals surface area contributed by atoms with Crippen LogP contribution in [-0.2, 0) is 14.4 Å². The molecule has 1 fully saturated rings. The van der Waals surface area contributed by atoms with Crippen LogP contribution in [0.2, 0.25) is 0 Å². The lowest BCUT2D eigenvalue weighted by Crippen LogP contribution is -2.52. The molecule has 1 aliphatic heterocycles. The number of fused-ring (bicyclic) bond motifs is 1. The lowest BCUT2D eigenvalue weighted by Gasteiger charge is -2.34. The van der Waals surface area contributed by atoms with E-state index in [0.717, 1.165) is 25.7 Å². The lowest BCUT2D eigenvalue weighted by atomic mass is 9.69. The van der Waals surface area contributed by atoms with Gasteiger partial charge in [-0.3, -0.25) is 14.4 Å². The molecule has 1 saturated heterocycles. The predicted molar refractivity (Wildman–Crippen MR) is 121 cm³/mol. The minimum atomic E-state index is -0.698. The summed E-state index contributed by atoms with van der Waals surface area (Å²) in [6.07, 6.45) is 8.30. The highest BCUT2D eigenvalue weighted by atomic mass is 16.3. The number of aliphatic hydroxyl groups is 1. The van der Waals surface area contributed by atoms with E-state index in [2.05, 4.69) is 17.6 Å². The van der Waals surface area contributed by atoms with Gasteiger partial charge in [0.1, 0.15) is 6.04 Å². The fourth-order valence-electron chi connectivity index (χ4n) is 5.26. The van der Waals surface area contributed by atoms with Gasteiger partial charge in [-0.15, -0.1) is 0 Å². The van der Waals surface area contributed by atoms with Crippen LogP contribution >= 0.6 is 0 Å². The fourth-order valence-corrected chi connectivity index (χ4v) is 5.26. The number of nitrogens with zero attached hydrogens (tertiary/aromatic N) is 1. The average Bonchev–Trinajstić information content (AvgIpc) is 3.05. The molecule has 0 unspecified atom stereocenters. The highest BCUT2D eigenvalue weighted by Crippen LogP contribution is 2.46. The zero-order valence-electron chi connectivity index (χ0n) is 19.8. The minimum absolute atomic E-state index is 0.0453. The first-order valence-electron chi connectivity index (χ1n) is 11.9. The van der Waals surface area contributed by atoms with Crippen molar-refractivity contribution in [3.63, 3.8) is 0 Å². The van der Waals surface area contributed by atoms with Crippen LogP contribution in [0.5, 0.6) is 0 Å². The Morgan fingerprint density at radius 1 is 1.16 bits per heavy atom. The van der Waals surface area contributed by atoms with E-state index in [-0.39, 0.29) is 42.1 Å². The molecular formula is C24H41N3O4. The average molecular weight is 436 g/mol. The molecule has 7 nitrogen and oxygen atoms in total. The van der Waals surface area contributed by atoms with Crippen molar-refractivity contribution in [1.82, 2.24) is 15.5 Å². The van der Waals surface area contributed by atoms with E-state index < -0.39 is 23.9 Å². The van der Waals surface area contributed by atoms with Gasteiger partial charge in [-0.2, -0.15) is 0 Å². The second-order valence-corrected chi connectivity index (χ2v) is 9.35. The van der Waals surface area contributed by atoms with E-state index in [4.69, 9.17) is 0 Å². The van der Waals surface area contributed by atoms with E-state index >= 15 is 0 Å². The Hall–Kier alpha value is -1.89. The number of carbonyl (C=O) groups excluding carboxylic acids is 3. The predicted octanol–water partition coefficient (Wildman–Crippen LogP) is 2.10. The summed E-state index contributed by atoms with van der Waals surface area (Å²) >= 11 is 0. The zero-order valence-corrected chi connectivity index (χ0v) is 19.8. The van der Waals surface area contributed by atoms with Gasteiger partial charge in [0.15, 0.2) is 0 Å². The largest absolute Gasteiger partial charge is 0.394 e. The summed E-state index contributed by atoms with van der Waals surface area (Å²) in [5.74, 6) is -1.77. The number of likely N-dealkylation sites (tertiary alicyclic amines) is 1. The highest BCUT2D eigenvalue weighted by molar-refractivity contribution is 5.97. The maximum absolute atomic E-state index is 13.7. The van der Waals surface area contributed by atoms with Gasteiger partial charge in [-0.05, 0) is 31.1 Å². The highest BCUT2D eigenvalue weighted by Gasteiger charge is 2.58. The van der Waals surface area contributed by atoms with E-state index in [9.17, 15) is 19.5 Å². The number of allylic oxidation sites excluding steroid dienone is 1. The van der Waals surface area contributed by atoms with Gasteiger partial charge in [0.2, 0.25) is 17.7 Å². The molecule has 0 saturated carbocycles. The minimum Gasteiger partial charge on any atom is -0.394 e. The van der Waals surface area contributed by atoms with E-state index in [1.165, 1.54) is 0 Å². The second-order valence-electron chi connectivity index (χ2n) is 9.35. The smallest absolute Gasteiger partial charge is 0.243 e. The Balaban J connectivity index is 2.43. The molecule has 0 aromatic heterocycles. The molecule has 2 rings (SSSR count). The van der Waals surface area contributed by atoms with E-state index in [1.54, 1.807) is 11.9 Å². The van der Waals surface area contributed by atoms with Crippen molar-refractivity contribution in [2.45, 2.75) is 71.9 Å². The topological polar surface area (TPSA) is 98.7 Å². The molecule has 1 heterocycles. The van der Waals surface area contributed by atoms with Crippen LogP contribution < -0.4 is 10.6 Å². The molecule has 2 aliphatic rings. The van der Waals surface area contributed by atoms with Crippen molar-refractivity contribution in [2.24, 2.45) is 29.6 Å². The number of aliphatic hydroxyl groups excluding tert-OH is 1. The number of amides is 3. The number of rotatable bonds is 11. The van der Waals surface area contributed by atoms with Crippen LogP contribution in [0.3, 0.4) is 0 Å². The number of unbranched alkanes of at least 4 members (excludes halogenated alkanes) is 2. The molecule has 176 valence electrons. The molecule has 1 aliphatic carbocycles. The molecular weight excluding hydrogens is 394 g/mol. The van der Waals surface area contributed by atoms with Gasteiger partial charge in [0.05, 0.1) is 24.5 Å². The first-order chi connectivity index (χ1) is 14.8. The van der Waals surface area contributed by atoms with Crippen molar-refractivity contribution >= 4 is 17.7 Å². The third-order valence-corrected chi connectivity index (χ3v) is 6.76. The molecule has 0 radical (unpaired) electrons. The number of hydrogen-bond acceptors (Lipinski definition) is 4. The van der Waals surface area contributed by atoms with Crippen LogP contribution in [0.15, 0.2) is 12.2 Å². The Morgan fingerprint density at radius 2 is 1.87 bits per heavy atom. The summed E-state index contributed by atoms with van der Waals surface area (Å²) in [6, 6.07) is -1.14. The molecule has 0 spiro atoms. The Morgan fingerprint density at radius 3 is 2.42 bits per heavy atom. The Kier molecular flexibility index (Phi) is 9.54. The van der Waals surface area contributed by atoms with Crippen molar-refractivity contribution in [2.75, 3.05) is 20.2 Å². The normalized spacial score (nSPS) is 28.5. The third kappa shape index (κ3) is 5.48. The Labute approximate surface area is 187 Å². The lowest BCUT2D eigenvalue weighted by molar-refractivity contribution is -0.143. The molecule has 0 aromatic carbocycles. The van der Waals surface area contributed by atoms with E-state index in [0.29, 0.717) is 13.0 Å². The van der Waals surface area contributed by atoms with Crippen molar-refractivity contribution in [3.05, 3.63) is 12.2 Å². The summed E-state index contributed by atoms with van der Waals surface area (Å²) in [5.41, 5.74) is 0. The van der Waals surface area contributed by atoms with Crippen molar-refractivity contribution in [1.29, 1.82) is 0 Å². The molecule has 6 atom stereocenters. The summed E-state index contributed by atoms with van der Waals surface area (Å²) < 4.78 is 0. The summed E-state index contributed by atoms with van der Waals surface area (Å²) in [6.45, 7) is 8.56. The molecule has 3 N–H and O–H groups in total. The molecule has 7 heteroatoms. The van der Waals surface area contributed by atoms with Crippen LogP contribution in [0.1, 0.15) is 59.8 Å². The van der Waals surface area contributed by atoms with Crippen LogP contribution in [0.25, 0.3) is 0 Å². The standard InChI is InChI=1S/C24H41N3O4/c1-6-8-9-12-26-23(30)21-18-11-10-16(7-2)19(22(29)25-5)20(18)24(31)27(21)17(14-28)13-15(3)4/h10-11,15-21,28H,6-9,12-14H2,1-5H3,(H,25,29)(H,26,30)/t16-,17-,18+,19-,20-,21+/m1/s1. The van der Waals surface area contributed by atoms with Gasteiger partial charge >= 0.3 is 0 Å². The summed E-state index contributed by atoms with van der Waals surface area (Å²) in [5, 5.41) is 15.9. The molecule has 3 amide bonds. The van der Waals surface area contributed by atoms with Crippen LogP contribution in [0, 0.1) is 29.6 Å². The van der Waals surface area contributed by atoms with Crippen molar-refractivity contribution < 1.29 is 19.5 Å². The van der Waals surface area contributed by atoms with Gasteiger partial charge in [0.25, 0.3) is 0 Å². The Bertz CT molecular complexity index is 663. The maximum atomic E-state index is 13.7. The second kappa shape index (κ2) is 11.7. The van der Waals surface area contributed by atoms with Gasteiger partial charge in [-0.25, -0.2) is 0 Å². The van der Waals surface area contributed by atoms with Gasteiger partial charge < -0.3 is 20.6 Å². The monoisotopic (exact) mass is 435 g/mol. The molecule has 31 heavy (non-hydrogen) atoms. The zero-order chi connectivity index (χ0) is 23.1. The molecule has 0 aromatic rings. The number of hydrogen-bond donors (Lipinski definition) is 3. The van der Waals surface area contributed by atoms with Gasteiger partial charge in [-0.1, -0.05) is 52.7 Å². The van der Waals surface area contributed by atoms with Crippen LogP contribution in [0.4, 0.5) is 0 Å². The summed E-state index contributed by atoms with van der Waals surface area (Å²) in [7, 11) is 1.59. The maximum Gasteiger partial charge on any atom is 0.243 e. The first-order valence-corrected chi connectivity index (χ1v) is 11.9. The van der Waals surface area contributed by atoms with Crippen LogP contribution in [-0.4, -0.2) is 60.0 Å². The first kappa shape index (κ1) is 25.4. The quantitative estimate of drug-likeness (QED) is 0.342. The van der Waals surface area contributed by atoms with Crippen molar-refractivity contribution in [3.8, 4) is 0 Å². The SMILES string of the molecule is CCCCCNC(=O)[C@@H]1[C@H]2C=C[C@@H](CC)[C@@H](C(=O)NC)[C@@H]2C(=O)N1[C@@H](CO)CC(C)C. The number of carbonyl (C=O) groups is 3. The summed E-state index contributed by atoms with van der Waals surface area (Å²) in [4.78, 5) is 41.4. The van der Waals surface area contributed by atoms with Gasteiger partial charge in [0, 0.05) is 19.5 Å². The van der Waals surface area contributed by atoms with E-state index in [1.807, 2.05) is 32.9 Å².